The summed E-state index contributed by atoms with van der Waals surface area (Å²) in [6.07, 6.45) is 4.91. The van der Waals surface area contributed by atoms with Crippen LogP contribution in [0.25, 0.3) is 0 Å². The van der Waals surface area contributed by atoms with E-state index in [9.17, 15) is 0 Å². The van der Waals surface area contributed by atoms with Gasteiger partial charge < -0.3 is 20.1 Å². The van der Waals surface area contributed by atoms with E-state index in [0.717, 1.165) is 43.5 Å². The zero-order chi connectivity index (χ0) is 17.5. The van der Waals surface area contributed by atoms with Gasteiger partial charge in [0, 0.05) is 37.2 Å². The standard InChI is InChI=1S/C19H28ClN3O2.HI/c1-21-18(22-9-11-24-13-17-6-3-10-25-17)23-14-19(7-8-19)15-4-2-5-16(20)12-15;/h2,4-5,12,17H,3,6-11,13-14H2,1H3,(H2,21,22,23);1H. The summed E-state index contributed by atoms with van der Waals surface area (Å²) in [7, 11) is 1.79. The van der Waals surface area contributed by atoms with Crippen molar-refractivity contribution in [3.05, 3.63) is 34.9 Å². The third-order valence-electron chi connectivity index (χ3n) is 4.97. The second-order valence-corrected chi connectivity index (χ2v) is 7.29. The summed E-state index contributed by atoms with van der Waals surface area (Å²) in [5.41, 5.74) is 1.50. The first-order chi connectivity index (χ1) is 12.2. The average Bonchev–Trinajstić information content (AvgIpc) is 3.24. The molecule has 1 saturated heterocycles. The highest BCUT2D eigenvalue weighted by molar-refractivity contribution is 14.0. The molecule has 0 spiro atoms. The molecular weight excluding hydrogens is 465 g/mol. The van der Waals surface area contributed by atoms with Crippen LogP contribution in [0.2, 0.25) is 5.02 Å². The van der Waals surface area contributed by atoms with Crippen molar-refractivity contribution in [3.63, 3.8) is 0 Å². The quantitative estimate of drug-likeness (QED) is 0.252. The van der Waals surface area contributed by atoms with E-state index < -0.39 is 0 Å². The van der Waals surface area contributed by atoms with E-state index in [0.29, 0.717) is 13.2 Å². The summed E-state index contributed by atoms with van der Waals surface area (Å²) in [4.78, 5) is 4.29. The van der Waals surface area contributed by atoms with Crippen LogP contribution in [0.15, 0.2) is 29.3 Å². The topological polar surface area (TPSA) is 54.9 Å². The van der Waals surface area contributed by atoms with Gasteiger partial charge in [0.15, 0.2) is 5.96 Å². The number of hydrogen-bond donors (Lipinski definition) is 2. The van der Waals surface area contributed by atoms with Crippen LogP contribution in [0.1, 0.15) is 31.2 Å². The molecule has 0 amide bonds. The Morgan fingerprint density at radius 2 is 2.23 bits per heavy atom. The van der Waals surface area contributed by atoms with Gasteiger partial charge in [-0.15, -0.1) is 24.0 Å². The van der Waals surface area contributed by atoms with Gasteiger partial charge in [0.25, 0.3) is 0 Å². The lowest BCUT2D eigenvalue weighted by atomic mass is 9.96. The highest BCUT2D eigenvalue weighted by Gasteiger charge is 2.44. The third kappa shape index (κ3) is 6.25. The van der Waals surface area contributed by atoms with Crippen LogP contribution in [0.3, 0.4) is 0 Å². The molecule has 1 unspecified atom stereocenters. The second kappa shape index (κ2) is 10.7. The Balaban J connectivity index is 0.00000243. The molecule has 5 nitrogen and oxygen atoms in total. The largest absolute Gasteiger partial charge is 0.377 e. The third-order valence-corrected chi connectivity index (χ3v) is 5.21. The molecule has 0 radical (unpaired) electrons. The van der Waals surface area contributed by atoms with Gasteiger partial charge in [0.2, 0.25) is 0 Å². The first kappa shape index (κ1) is 21.7. The summed E-state index contributed by atoms with van der Waals surface area (Å²) in [6.45, 7) is 3.81. The van der Waals surface area contributed by atoms with Crippen LogP contribution in [0.4, 0.5) is 0 Å². The number of guanidine groups is 1. The minimum atomic E-state index is 0. The van der Waals surface area contributed by atoms with E-state index in [1.807, 2.05) is 12.1 Å². The molecule has 1 heterocycles. The molecule has 3 rings (SSSR count). The fourth-order valence-electron chi connectivity index (χ4n) is 3.24. The van der Waals surface area contributed by atoms with E-state index in [1.165, 1.54) is 18.4 Å². The van der Waals surface area contributed by atoms with Crippen molar-refractivity contribution in [1.82, 2.24) is 10.6 Å². The lowest BCUT2D eigenvalue weighted by molar-refractivity contribution is 0.0191. The molecule has 146 valence electrons. The molecule has 1 aromatic rings. The average molecular weight is 494 g/mol. The van der Waals surface area contributed by atoms with Crippen LogP contribution >= 0.6 is 35.6 Å². The second-order valence-electron chi connectivity index (χ2n) is 6.85. The maximum Gasteiger partial charge on any atom is 0.191 e. The number of aliphatic imine (C=N–C) groups is 1. The Hall–Kier alpha value is -0.570. The number of nitrogens with zero attached hydrogens (tertiary/aromatic N) is 1. The molecule has 2 N–H and O–H groups in total. The molecule has 1 aliphatic heterocycles. The van der Waals surface area contributed by atoms with Crippen LogP contribution in [-0.4, -0.2) is 52.0 Å². The zero-order valence-electron chi connectivity index (χ0n) is 15.3. The molecule has 1 saturated carbocycles. The minimum Gasteiger partial charge on any atom is -0.377 e. The van der Waals surface area contributed by atoms with Gasteiger partial charge in [-0.1, -0.05) is 23.7 Å². The van der Waals surface area contributed by atoms with Crippen molar-refractivity contribution in [2.45, 2.75) is 37.2 Å². The molecule has 1 aromatic carbocycles. The van der Waals surface area contributed by atoms with E-state index in [-0.39, 0.29) is 35.5 Å². The number of ether oxygens (including phenoxy) is 2. The lowest BCUT2D eigenvalue weighted by Gasteiger charge is -2.19. The van der Waals surface area contributed by atoms with E-state index >= 15 is 0 Å². The molecule has 2 aliphatic rings. The molecule has 2 fully saturated rings. The number of hydrogen-bond acceptors (Lipinski definition) is 3. The lowest BCUT2D eigenvalue weighted by Crippen LogP contribution is -2.42. The van der Waals surface area contributed by atoms with Crippen molar-refractivity contribution in [1.29, 1.82) is 0 Å². The highest BCUT2D eigenvalue weighted by Crippen LogP contribution is 2.48. The van der Waals surface area contributed by atoms with Crippen molar-refractivity contribution < 1.29 is 9.47 Å². The van der Waals surface area contributed by atoms with Gasteiger partial charge in [0.1, 0.15) is 0 Å². The smallest absolute Gasteiger partial charge is 0.191 e. The minimum absolute atomic E-state index is 0. The number of halogens is 2. The maximum atomic E-state index is 6.13. The van der Waals surface area contributed by atoms with Crippen LogP contribution < -0.4 is 10.6 Å². The van der Waals surface area contributed by atoms with E-state index in [1.54, 1.807) is 7.05 Å². The number of rotatable bonds is 8. The molecular formula is C19H29ClIN3O2. The van der Waals surface area contributed by atoms with E-state index in [4.69, 9.17) is 21.1 Å². The van der Waals surface area contributed by atoms with Gasteiger partial charge in [-0.25, -0.2) is 0 Å². The predicted octanol–water partition coefficient (Wildman–Crippen LogP) is 3.35. The molecule has 26 heavy (non-hydrogen) atoms. The molecule has 1 aliphatic carbocycles. The Morgan fingerprint density at radius 1 is 1.38 bits per heavy atom. The maximum absolute atomic E-state index is 6.13. The fraction of sp³-hybridized carbons (Fsp3) is 0.632. The summed E-state index contributed by atoms with van der Waals surface area (Å²) in [6, 6.07) is 8.18. The molecule has 0 aromatic heterocycles. The Morgan fingerprint density at radius 3 is 2.88 bits per heavy atom. The SMILES string of the molecule is CN=C(NCCOCC1CCCO1)NCC1(c2cccc(Cl)c2)CC1.I. The number of benzene rings is 1. The summed E-state index contributed by atoms with van der Waals surface area (Å²) in [5, 5.41) is 7.54. The first-order valence-electron chi connectivity index (χ1n) is 9.12. The fourth-order valence-corrected chi connectivity index (χ4v) is 3.43. The Labute approximate surface area is 178 Å². The molecule has 0 bridgehead atoms. The first-order valence-corrected chi connectivity index (χ1v) is 9.50. The van der Waals surface area contributed by atoms with Crippen molar-refractivity contribution >= 4 is 41.5 Å². The van der Waals surface area contributed by atoms with Crippen molar-refractivity contribution in [3.8, 4) is 0 Å². The summed E-state index contributed by atoms with van der Waals surface area (Å²) >= 11 is 6.13. The van der Waals surface area contributed by atoms with Gasteiger partial charge in [-0.3, -0.25) is 4.99 Å². The summed E-state index contributed by atoms with van der Waals surface area (Å²) in [5.74, 6) is 0.814. The van der Waals surface area contributed by atoms with Gasteiger partial charge in [0.05, 0.1) is 19.3 Å². The van der Waals surface area contributed by atoms with Crippen LogP contribution in [-0.2, 0) is 14.9 Å². The van der Waals surface area contributed by atoms with Crippen molar-refractivity contribution in [2.24, 2.45) is 4.99 Å². The zero-order valence-corrected chi connectivity index (χ0v) is 18.4. The highest BCUT2D eigenvalue weighted by atomic mass is 127. The van der Waals surface area contributed by atoms with Crippen molar-refractivity contribution in [2.75, 3.05) is 40.0 Å². The van der Waals surface area contributed by atoms with Gasteiger partial charge in [-0.05, 0) is 43.4 Å². The predicted molar refractivity (Wildman–Crippen MR) is 117 cm³/mol. The van der Waals surface area contributed by atoms with Crippen LogP contribution in [0, 0.1) is 0 Å². The normalized spacial score (nSPS) is 21.2. The monoisotopic (exact) mass is 493 g/mol. The Bertz CT molecular complexity index is 590. The van der Waals surface area contributed by atoms with Gasteiger partial charge in [-0.2, -0.15) is 0 Å². The summed E-state index contributed by atoms with van der Waals surface area (Å²) < 4.78 is 11.2. The van der Waals surface area contributed by atoms with E-state index in [2.05, 4.69) is 27.8 Å². The van der Waals surface area contributed by atoms with Crippen LogP contribution in [0.5, 0.6) is 0 Å². The van der Waals surface area contributed by atoms with Gasteiger partial charge >= 0.3 is 0 Å². The number of nitrogens with one attached hydrogen (secondary N) is 2. The molecule has 7 heteroatoms. The molecule has 1 atom stereocenters. The Kier molecular flexibility index (Phi) is 8.93.